The number of hydrogen-bond acceptors (Lipinski definition) is 3. The fourth-order valence-corrected chi connectivity index (χ4v) is 3.22. The van der Waals surface area contributed by atoms with Crippen molar-refractivity contribution in [2.45, 2.75) is 43.6 Å². The second-order valence-corrected chi connectivity index (χ2v) is 6.69. The highest BCUT2D eigenvalue weighted by Crippen LogP contribution is 2.35. The molecule has 0 aromatic carbocycles. The quantitative estimate of drug-likeness (QED) is 0.805. The lowest BCUT2D eigenvalue weighted by molar-refractivity contribution is -0.131. The van der Waals surface area contributed by atoms with E-state index in [1.54, 1.807) is 4.90 Å². The summed E-state index contributed by atoms with van der Waals surface area (Å²) >= 11 is 1.51. The van der Waals surface area contributed by atoms with Crippen molar-refractivity contribution in [2.24, 2.45) is 5.73 Å². The fourth-order valence-electron chi connectivity index (χ4n) is 1.88. The summed E-state index contributed by atoms with van der Waals surface area (Å²) in [7, 11) is 0. The molecule has 1 unspecified atom stereocenters. The molecular formula is C11H20N2O2S. The van der Waals surface area contributed by atoms with E-state index >= 15 is 0 Å². The zero-order valence-electron chi connectivity index (χ0n) is 10.2. The van der Waals surface area contributed by atoms with E-state index in [4.69, 9.17) is 5.73 Å². The summed E-state index contributed by atoms with van der Waals surface area (Å²) in [5.41, 5.74) is 5.36. The van der Waals surface area contributed by atoms with Crippen LogP contribution in [0.15, 0.2) is 0 Å². The predicted octanol–water partition coefficient (Wildman–Crippen LogP) is 0.994. The van der Waals surface area contributed by atoms with Crippen molar-refractivity contribution in [3.05, 3.63) is 0 Å². The summed E-state index contributed by atoms with van der Waals surface area (Å²) in [5, 5.41) is -0.284. The Hall–Kier alpha value is -0.710. The molecule has 1 aliphatic rings. The largest absolute Gasteiger partial charge is 0.369 e. The van der Waals surface area contributed by atoms with Crippen molar-refractivity contribution < 1.29 is 9.59 Å². The monoisotopic (exact) mass is 244 g/mol. The highest BCUT2D eigenvalue weighted by atomic mass is 32.2. The molecule has 5 heteroatoms. The van der Waals surface area contributed by atoms with E-state index in [0.29, 0.717) is 19.5 Å². The van der Waals surface area contributed by atoms with Crippen molar-refractivity contribution in [3.63, 3.8) is 0 Å². The highest BCUT2D eigenvalue weighted by molar-refractivity contribution is 8.02. The normalized spacial score (nSPS) is 25.3. The smallest absolute Gasteiger partial charge is 0.232 e. The Morgan fingerprint density at radius 1 is 1.62 bits per heavy atom. The van der Waals surface area contributed by atoms with Crippen molar-refractivity contribution in [2.75, 3.05) is 13.1 Å². The van der Waals surface area contributed by atoms with Crippen molar-refractivity contribution in [1.82, 2.24) is 4.90 Å². The second-order valence-electron chi connectivity index (χ2n) is 4.79. The number of rotatable bonds is 3. The Labute approximate surface area is 101 Å². The van der Waals surface area contributed by atoms with Crippen molar-refractivity contribution >= 4 is 23.6 Å². The van der Waals surface area contributed by atoms with Gasteiger partial charge in [0.25, 0.3) is 0 Å². The van der Waals surface area contributed by atoms with Gasteiger partial charge in [0, 0.05) is 24.3 Å². The first-order valence-corrected chi connectivity index (χ1v) is 6.48. The van der Waals surface area contributed by atoms with Crippen LogP contribution in [0.1, 0.15) is 33.6 Å². The third-order valence-corrected chi connectivity index (χ3v) is 4.04. The Morgan fingerprint density at radius 3 is 2.75 bits per heavy atom. The van der Waals surface area contributed by atoms with Gasteiger partial charge in [-0.2, -0.15) is 0 Å². The van der Waals surface area contributed by atoms with Crippen LogP contribution in [0.4, 0.5) is 0 Å². The van der Waals surface area contributed by atoms with E-state index in [2.05, 4.69) is 0 Å². The van der Waals surface area contributed by atoms with Gasteiger partial charge < -0.3 is 10.6 Å². The Balaban J connectivity index is 2.84. The molecule has 1 atom stereocenters. The molecule has 16 heavy (non-hydrogen) atoms. The van der Waals surface area contributed by atoms with Crippen LogP contribution >= 0.6 is 11.8 Å². The molecular weight excluding hydrogens is 224 g/mol. The number of nitrogens with zero attached hydrogens (tertiary/aromatic N) is 1. The maximum atomic E-state index is 11.9. The minimum Gasteiger partial charge on any atom is -0.369 e. The van der Waals surface area contributed by atoms with Crippen LogP contribution < -0.4 is 5.73 Å². The molecule has 1 rings (SSSR count). The SMILES string of the molecule is CCCN1CC(C(N)=O)SC(C)(C)CC1=O. The van der Waals surface area contributed by atoms with Gasteiger partial charge in [0.05, 0.1) is 0 Å². The Kier molecular flexibility index (Phi) is 4.24. The number of hydrogen-bond donors (Lipinski definition) is 1. The van der Waals surface area contributed by atoms with E-state index in [0.717, 1.165) is 6.42 Å². The Morgan fingerprint density at radius 2 is 2.25 bits per heavy atom. The van der Waals surface area contributed by atoms with E-state index in [1.807, 2.05) is 20.8 Å². The number of nitrogens with two attached hydrogens (primary N) is 1. The molecule has 1 fully saturated rings. The summed E-state index contributed by atoms with van der Waals surface area (Å²) in [6.45, 7) is 7.16. The lowest BCUT2D eigenvalue weighted by Gasteiger charge is -2.22. The molecule has 0 aliphatic carbocycles. The van der Waals surface area contributed by atoms with E-state index in [1.165, 1.54) is 11.8 Å². The van der Waals surface area contributed by atoms with Crippen LogP contribution in [-0.2, 0) is 9.59 Å². The summed E-state index contributed by atoms with van der Waals surface area (Å²) in [5.74, 6) is -0.197. The van der Waals surface area contributed by atoms with Crippen LogP contribution in [0.3, 0.4) is 0 Å². The fraction of sp³-hybridized carbons (Fsp3) is 0.818. The molecule has 2 amide bonds. The Bertz CT molecular complexity index is 292. The highest BCUT2D eigenvalue weighted by Gasteiger charge is 2.36. The van der Waals surface area contributed by atoms with Crippen LogP contribution in [0.2, 0.25) is 0 Å². The number of carbonyl (C=O) groups is 2. The minimum absolute atomic E-state index is 0.128. The van der Waals surface area contributed by atoms with E-state index in [-0.39, 0.29) is 21.8 Å². The molecule has 0 radical (unpaired) electrons. The van der Waals surface area contributed by atoms with Gasteiger partial charge in [-0.1, -0.05) is 20.8 Å². The standard InChI is InChI=1S/C11H20N2O2S/c1-4-5-13-7-8(10(12)15)16-11(2,3)6-9(13)14/h8H,4-7H2,1-3H3,(H2,12,15). The molecule has 4 nitrogen and oxygen atoms in total. The third kappa shape index (κ3) is 3.40. The topological polar surface area (TPSA) is 63.4 Å². The van der Waals surface area contributed by atoms with Crippen LogP contribution in [0.5, 0.6) is 0 Å². The second kappa shape index (κ2) is 5.08. The summed E-state index contributed by atoms with van der Waals surface area (Å²) in [6.07, 6.45) is 1.38. The van der Waals surface area contributed by atoms with E-state index in [9.17, 15) is 9.59 Å². The number of amides is 2. The third-order valence-electron chi connectivity index (χ3n) is 2.59. The van der Waals surface area contributed by atoms with Gasteiger partial charge in [-0.25, -0.2) is 0 Å². The predicted molar refractivity (Wildman–Crippen MR) is 66.1 cm³/mol. The molecule has 2 N–H and O–H groups in total. The number of thioether (sulfide) groups is 1. The molecule has 0 spiro atoms. The van der Waals surface area contributed by atoms with Crippen LogP contribution in [0, 0.1) is 0 Å². The van der Waals surface area contributed by atoms with Gasteiger partial charge in [-0.05, 0) is 6.42 Å². The average molecular weight is 244 g/mol. The molecule has 0 saturated carbocycles. The van der Waals surface area contributed by atoms with Gasteiger partial charge in [-0.3, -0.25) is 9.59 Å². The molecule has 0 bridgehead atoms. The maximum Gasteiger partial charge on any atom is 0.232 e. The first-order chi connectivity index (χ1) is 7.35. The van der Waals surface area contributed by atoms with Crippen molar-refractivity contribution in [3.8, 4) is 0 Å². The number of carbonyl (C=O) groups excluding carboxylic acids is 2. The summed E-state index contributed by atoms with van der Waals surface area (Å²) < 4.78 is -0.209. The lowest BCUT2D eigenvalue weighted by Crippen LogP contribution is -2.40. The molecule has 1 heterocycles. The number of primary amides is 1. The van der Waals surface area contributed by atoms with E-state index < -0.39 is 0 Å². The van der Waals surface area contributed by atoms with Gasteiger partial charge >= 0.3 is 0 Å². The van der Waals surface area contributed by atoms with Crippen LogP contribution in [-0.4, -0.2) is 39.8 Å². The molecule has 92 valence electrons. The van der Waals surface area contributed by atoms with Gasteiger partial charge in [0.15, 0.2) is 0 Å². The maximum absolute atomic E-state index is 11.9. The van der Waals surface area contributed by atoms with Crippen LogP contribution in [0.25, 0.3) is 0 Å². The minimum atomic E-state index is -0.325. The van der Waals surface area contributed by atoms with Gasteiger partial charge in [0.1, 0.15) is 5.25 Å². The molecule has 1 aliphatic heterocycles. The zero-order valence-corrected chi connectivity index (χ0v) is 11.0. The molecule has 0 aromatic rings. The van der Waals surface area contributed by atoms with Gasteiger partial charge in [0.2, 0.25) is 11.8 Å². The van der Waals surface area contributed by atoms with Crippen molar-refractivity contribution in [1.29, 1.82) is 0 Å². The summed E-state index contributed by atoms with van der Waals surface area (Å²) in [6, 6.07) is 0. The first kappa shape index (κ1) is 13.4. The average Bonchev–Trinajstić information content (AvgIpc) is 2.24. The summed E-state index contributed by atoms with van der Waals surface area (Å²) in [4.78, 5) is 25.0. The van der Waals surface area contributed by atoms with Gasteiger partial charge in [-0.15, -0.1) is 11.8 Å². The first-order valence-electron chi connectivity index (χ1n) is 5.60. The lowest BCUT2D eigenvalue weighted by atomic mass is 10.1. The molecule has 0 aromatic heterocycles. The zero-order chi connectivity index (χ0) is 12.3. The molecule has 1 saturated heterocycles.